The first-order valence-electron chi connectivity index (χ1n) is 4.95. The first kappa shape index (κ1) is 10.9. The van der Waals surface area contributed by atoms with Crippen LogP contribution in [0.15, 0.2) is 42.6 Å². The minimum atomic E-state index is -1.15. The third kappa shape index (κ3) is 2.52. The Bertz CT molecular complexity index is 599. The Balaban J connectivity index is 2.19. The van der Waals surface area contributed by atoms with E-state index in [2.05, 4.69) is 10.3 Å². The van der Waals surface area contributed by atoms with Gasteiger partial charge in [-0.2, -0.15) is 0 Å². The van der Waals surface area contributed by atoms with Crippen LogP contribution < -0.4 is 5.32 Å². The number of rotatable bonds is 3. The van der Waals surface area contributed by atoms with E-state index in [1.165, 1.54) is 0 Å². The SMILES string of the molecule is O=C(O)/C=C/C(=O)Nc1c[nH]c2ccccc12. The number of para-hydroxylation sites is 1. The monoisotopic (exact) mass is 230 g/mol. The lowest BCUT2D eigenvalue weighted by molar-refractivity contribution is -0.131. The number of carbonyl (C=O) groups excluding carboxylic acids is 1. The summed E-state index contributed by atoms with van der Waals surface area (Å²) >= 11 is 0. The Morgan fingerprint density at radius 1 is 1.24 bits per heavy atom. The quantitative estimate of drug-likeness (QED) is 0.702. The summed E-state index contributed by atoms with van der Waals surface area (Å²) < 4.78 is 0. The van der Waals surface area contributed by atoms with Crippen LogP contribution in [0.3, 0.4) is 0 Å². The van der Waals surface area contributed by atoms with Gasteiger partial charge >= 0.3 is 5.97 Å². The molecule has 1 aromatic heterocycles. The van der Waals surface area contributed by atoms with Crippen LogP contribution in [0.5, 0.6) is 0 Å². The number of nitrogens with one attached hydrogen (secondary N) is 2. The highest BCUT2D eigenvalue weighted by molar-refractivity contribution is 6.07. The fraction of sp³-hybridized carbons (Fsp3) is 0. The van der Waals surface area contributed by atoms with Crippen molar-refractivity contribution in [3.05, 3.63) is 42.6 Å². The van der Waals surface area contributed by atoms with Gasteiger partial charge in [-0.1, -0.05) is 18.2 Å². The van der Waals surface area contributed by atoms with Crippen LogP contribution in [0.25, 0.3) is 10.9 Å². The van der Waals surface area contributed by atoms with E-state index in [9.17, 15) is 9.59 Å². The minimum Gasteiger partial charge on any atom is -0.478 e. The van der Waals surface area contributed by atoms with Crippen molar-refractivity contribution in [2.45, 2.75) is 0 Å². The van der Waals surface area contributed by atoms with Crippen molar-refractivity contribution in [1.29, 1.82) is 0 Å². The molecule has 86 valence electrons. The molecular formula is C12H10N2O3. The third-order valence-electron chi connectivity index (χ3n) is 2.22. The molecule has 3 N–H and O–H groups in total. The number of aromatic nitrogens is 1. The second-order valence-electron chi connectivity index (χ2n) is 3.41. The number of carbonyl (C=O) groups is 2. The van der Waals surface area contributed by atoms with E-state index < -0.39 is 11.9 Å². The van der Waals surface area contributed by atoms with Gasteiger partial charge in [0.15, 0.2) is 0 Å². The van der Waals surface area contributed by atoms with E-state index in [1.807, 2.05) is 24.3 Å². The fourth-order valence-corrected chi connectivity index (χ4v) is 1.50. The summed E-state index contributed by atoms with van der Waals surface area (Å²) in [5.74, 6) is -1.63. The van der Waals surface area contributed by atoms with Crippen molar-refractivity contribution >= 4 is 28.5 Å². The van der Waals surface area contributed by atoms with Crippen molar-refractivity contribution in [2.75, 3.05) is 5.32 Å². The number of H-pyrrole nitrogens is 1. The molecule has 0 aliphatic rings. The number of carboxylic acid groups (broad SMARTS) is 1. The van der Waals surface area contributed by atoms with E-state index in [-0.39, 0.29) is 0 Å². The summed E-state index contributed by atoms with van der Waals surface area (Å²) in [7, 11) is 0. The minimum absolute atomic E-state index is 0.475. The smallest absolute Gasteiger partial charge is 0.328 e. The van der Waals surface area contributed by atoms with Gasteiger partial charge in [0, 0.05) is 29.3 Å². The standard InChI is InChI=1S/C12H10N2O3/c15-11(5-6-12(16)17)14-10-7-13-9-4-2-1-3-8(9)10/h1-7,13H,(H,14,15)(H,16,17)/b6-5+. The summed E-state index contributed by atoms with van der Waals surface area (Å²) in [4.78, 5) is 24.6. The van der Waals surface area contributed by atoms with Crippen molar-refractivity contribution < 1.29 is 14.7 Å². The zero-order chi connectivity index (χ0) is 12.3. The molecule has 0 fully saturated rings. The predicted molar refractivity (Wildman–Crippen MR) is 63.7 cm³/mol. The normalized spacial score (nSPS) is 10.8. The molecular weight excluding hydrogens is 220 g/mol. The number of anilines is 1. The summed E-state index contributed by atoms with van der Waals surface area (Å²) in [6.07, 6.45) is 3.44. The maximum absolute atomic E-state index is 11.4. The first-order chi connectivity index (χ1) is 8.16. The highest BCUT2D eigenvalue weighted by Crippen LogP contribution is 2.22. The fourth-order valence-electron chi connectivity index (χ4n) is 1.50. The number of benzene rings is 1. The van der Waals surface area contributed by atoms with Gasteiger partial charge in [0.05, 0.1) is 5.69 Å². The average Bonchev–Trinajstić information content (AvgIpc) is 2.70. The summed E-state index contributed by atoms with van der Waals surface area (Å²) in [6.45, 7) is 0. The molecule has 0 radical (unpaired) electrons. The van der Waals surface area contributed by atoms with Gasteiger partial charge in [0.2, 0.25) is 5.91 Å². The van der Waals surface area contributed by atoms with Crippen LogP contribution in [0.1, 0.15) is 0 Å². The molecule has 5 nitrogen and oxygen atoms in total. The summed E-state index contributed by atoms with van der Waals surface area (Å²) in [5, 5.41) is 11.9. The molecule has 0 saturated heterocycles. The molecule has 0 spiro atoms. The molecule has 0 aliphatic heterocycles. The number of carboxylic acids is 1. The summed E-state index contributed by atoms with van der Waals surface area (Å²) in [6, 6.07) is 7.49. The van der Waals surface area contributed by atoms with Crippen molar-refractivity contribution in [1.82, 2.24) is 4.98 Å². The molecule has 17 heavy (non-hydrogen) atoms. The van der Waals surface area contributed by atoms with Gasteiger partial charge in [0.1, 0.15) is 0 Å². The second kappa shape index (κ2) is 4.52. The molecule has 1 amide bonds. The van der Waals surface area contributed by atoms with Crippen molar-refractivity contribution in [3.63, 3.8) is 0 Å². The number of hydrogen-bond donors (Lipinski definition) is 3. The van der Waals surface area contributed by atoms with Crippen LogP contribution in [0.4, 0.5) is 5.69 Å². The number of aromatic amines is 1. The highest BCUT2D eigenvalue weighted by Gasteiger charge is 2.04. The maximum Gasteiger partial charge on any atom is 0.328 e. The number of amides is 1. The lowest BCUT2D eigenvalue weighted by Gasteiger charge is -1.98. The molecule has 5 heteroatoms. The Morgan fingerprint density at radius 3 is 2.76 bits per heavy atom. The third-order valence-corrected chi connectivity index (χ3v) is 2.22. The lowest BCUT2D eigenvalue weighted by Crippen LogP contribution is -2.08. The van der Waals surface area contributed by atoms with Gasteiger partial charge in [-0.15, -0.1) is 0 Å². The predicted octanol–water partition coefficient (Wildman–Crippen LogP) is 1.75. The molecule has 0 aliphatic carbocycles. The molecule has 2 aromatic rings. The van der Waals surface area contributed by atoms with Crippen molar-refractivity contribution in [3.8, 4) is 0 Å². The average molecular weight is 230 g/mol. The second-order valence-corrected chi connectivity index (χ2v) is 3.41. The van der Waals surface area contributed by atoms with Crippen molar-refractivity contribution in [2.24, 2.45) is 0 Å². The van der Waals surface area contributed by atoms with Crippen LogP contribution in [-0.2, 0) is 9.59 Å². The molecule has 0 saturated carbocycles. The molecule has 0 bridgehead atoms. The zero-order valence-corrected chi connectivity index (χ0v) is 8.81. The van der Waals surface area contributed by atoms with Crippen LogP contribution >= 0.6 is 0 Å². The van der Waals surface area contributed by atoms with E-state index in [0.717, 1.165) is 23.1 Å². The number of fused-ring (bicyclic) bond motifs is 1. The van der Waals surface area contributed by atoms with Gasteiger partial charge in [0.25, 0.3) is 0 Å². The van der Waals surface area contributed by atoms with Gasteiger partial charge in [-0.3, -0.25) is 4.79 Å². The zero-order valence-electron chi connectivity index (χ0n) is 8.81. The van der Waals surface area contributed by atoms with E-state index >= 15 is 0 Å². The van der Waals surface area contributed by atoms with Gasteiger partial charge in [-0.25, -0.2) is 4.79 Å². The summed E-state index contributed by atoms with van der Waals surface area (Å²) in [5.41, 5.74) is 1.53. The topological polar surface area (TPSA) is 82.2 Å². The molecule has 0 atom stereocenters. The van der Waals surface area contributed by atoms with E-state index in [0.29, 0.717) is 5.69 Å². The van der Waals surface area contributed by atoms with E-state index in [4.69, 9.17) is 5.11 Å². The maximum atomic E-state index is 11.4. The highest BCUT2D eigenvalue weighted by atomic mass is 16.4. The Labute approximate surface area is 96.8 Å². The van der Waals surface area contributed by atoms with Crippen LogP contribution in [0.2, 0.25) is 0 Å². The van der Waals surface area contributed by atoms with E-state index in [1.54, 1.807) is 6.20 Å². The molecule has 1 aromatic carbocycles. The lowest BCUT2D eigenvalue weighted by atomic mass is 10.2. The molecule has 0 unspecified atom stereocenters. The molecule has 1 heterocycles. The number of aliphatic carboxylic acids is 1. The first-order valence-corrected chi connectivity index (χ1v) is 4.95. The van der Waals surface area contributed by atoms with Gasteiger partial charge in [-0.05, 0) is 6.07 Å². The Hall–Kier alpha value is -2.56. The molecule has 2 rings (SSSR count). The Morgan fingerprint density at radius 2 is 2.00 bits per heavy atom. The Kier molecular flexibility index (Phi) is 2.91. The number of hydrogen-bond acceptors (Lipinski definition) is 2. The van der Waals surface area contributed by atoms with Crippen LogP contribution in [-0.4, -0.2) is 22.0 Å². The van der Waals surface area contributed by atoms with Gasteiger partial charge < -0.3 is 15.4 Å². The van der Waals surface area contributed by atoms with Crippen LogP contribution in [0, 0.1) is 0 Å². The largest absolute Gasteiger partial charge is 0.478 e.